The Morgan fingerprint density at radius 2 is 1.80 bits per heavy atom. The summed E-state index contributed by atoms with van der Waals surface area (Å²) in [6.07, 6.45) is 8.53. The van der Waals surface area contributed by atoms with Gasteiger partial charge in [-0.2, -0.15) is 0 Å². The molecule has 1 saturated heterocycles. The molecule has 1 spiro atoms. The number of carbonyl (C=O) groups excluding carboxylic acids is 1. The second kappa shape index (κ2) is 14.3. The fraction of sp³-hybridized carbons (Fsp3) is 0.658. The van der Waals surface area contributed by atoms with Gasteiger partial charge in [-0.15, -0.1) is 0 Å². The van der Waals surface area contributed by atoms with Crippen molar-refractivity contribution in [3.05, 3.63) is 58.1 Å². The van der Waals surface area contributed by atoms with E-state index in [1.165, 1.54) is 11.1 Å². The van der Waals surface area contributed by atoms with Gasteiger partial charge in [-0.25, -0.2) is 13.1 Å². The lowest BCUT2D eigenvalue weighted by Crippen LogP contribution is -2.52. The third-order valence-electron chi connectivity index (χ3n) is 12.2. The first kappa shape index (κ1) is 35.1. The van der Waals surface area contributed by atoms with Crippen LogP contribution in [0.4, 0.5) is 5.69 Å². The summed E-state index contributed by atoms with van der Waals surface area (Å²) in [5.74, 6) is 1.22. The molecule has 2 fully saturated rings. The lowest BCUT2D eigenvalue weighted by atomic mass is 9.64. The van der Waals surface area contributed by atoms with Crippen LogP contribution in [0.15, 0.2) is 36.4 Å². The van der Waals surface area contributed by atoms with Crippen LogP contribution in [0.25, 0.3) is 0 Å². The highest BCUT2D eigenvalue weighted by Gasteiger charge is 2.46. The first-order valence-electron chi connectivity index (χ1n) is 18.3. The average Bonchev–Trinajstić information content (AvgIpc) is 3.22. The number of nitrogens with one attached hydrogen (secondary N) is 1. The van der Waals surface area contributed by atoms with Gasteiger partial charge in [-0.1, -0.05) is 37.4 Å². The Morgan fingerprint density at radius 3 is 2.53 bits per heavy atom. The van der Waals surface area contributed by atoms with Crippen molar-refractivity contribution < 1.29 is 27.4 Å². The van der Waals surface area contributed by atoms with Gasteiger partial charge in [0.2, 0.25) is 10.0 Å². The van der Waals surface area contributed by atoms with Crippen molar-refractivity contribution in [3.8, 4) is 5.75 Å². The summed E-state index contributed by atoms with van der Waals surface area (Å²) < 4.78 is 49.0. The molecule has 2 aromatic rings. The van der Waals surface area contributed by atoms with Crippen LogP contribution in [-0.4, -0.2) is 83.8 Å². The van der Waals surface area contributed by atoms with E-state index in [1.54, 1.807) is 6.07 Å². The molecule has 11 heteroatoms. The van der Waals surface area contributed by atoms with Crippen LogP contribution in [0.2, 0.25) is 5.02 Å². The van der Waals surface area contributed by atoms with Gasteiger partial charge in [0.15, 0.2) is 6.29 Å². The highest BCUT2D eigenvalue weighted by molar-refractivity contribution is 7.90. The lowest BCUT2D eigenvalue weighted by Gasteiger charge is -2.49. The number of sulfonamides is 1. The predicted octanol–water partition coefficient (Wildman–Crippen LogP) is 6.17. The number of aryl methyl sites for hydroxylation is 1. The van der Waals surface area contributed by atoms with Crippen molar-refractivity contribution in [2.45, 2.75) is 94.1 Å². The molecule has 0 aromatic heterocycles. The monoisotopic (exact) mass is 713 g/mol. The number of nitrogens with zero attached hydrogens (tertiary/aromatic N) is 2. The van der Waals surface area contributed by atoms with Gasteiger partial charge in [0.25, 0.3) is 5.91 Å². The normalized spacial score (nSPS) is 33.4. The van der Waals surface area contributed by atoms with Crippen LogP contribution in [0.1, 0.15) is 86.2 Å². The average molecular weight is 714 g/mol. The summed E-state index contributed by atoms with van der Waals surface area (Å²) in [6, 6.07) is 11.9. The quantitative estimate of drug-likeness (QED) is 0.404. The molecule has 3 heterocycles. The zero-order chi connectivity index (χ0) is 34.3. The number of halogens is 1. The fourth-order valence-corrected chi connectivity index (χ4v) is 10.8. The Labute approximate surface area is 297 Å². The molecule has 7 rings (SSSR count). The number of fused-ring (bicyclic) bond motifs is 4. The van der Waals surface area contributed by atoms with Gasteiger partial charge in [-0.05, 0) is 119 Å². The summed E-state index contributed by atoms with van der Waals surface area (Å²) >= 11 is 6.47. The molecule has 2 aliphatic carbocycles. The van der Waals surface area contributed by atoms with Crippen molar-refractivity contribution in [3.63, 3.8) is 0 Å². The minimum atomic E-state index is -3.87. The maximum Gasteiger partial charge on any atom is 0.264 e. The summed E-state index contributed by atoms with van der Waals surface area (Å²) in [7, 11) is 0.259. The minimum absolute atomic E-state index is 0.228. The Morgan fingerprint density at radius 1 is 1.00 bits per heavy atom. The summed E-state index contributed by atoms with van der Waals surface area (Å²) in [4.78, 5) is 18.2. The Kier molecular flexibility index (Phi) is 10.3. The molecule has 2 aromatic carbocycles. The van der Waals surface area contributed by atoms with Crippen LogP contribution in [-0.2, 0) is 31.3 Å². The van der Waals surface area contributed by atoms with Gasteiger partial charge in [0.05, 0.1) is 36.8 Å². The van der Waals surface area contributed by atoms with Gasteiger partial charge in [0, 0.05) is 35.0 Å². The zero-order valence-electron chi connectivity index (χ0n) is 29.2. The summed E-state index contributed by atoms with van der Waals surface area (Å²) in [5.41, 5.74) is 3.51. The van der Waals surface area contributed by atoms with E-state index in [2.05, 4.69) is 40.7 Å². The van der Waals surface area contributed by atoms with E-state index < -0.39 is 21.2 Å². The first-order chi connectivity index (χ1) is 23.6. The third kappa shape index (κ3) is 7.10. The maximum atomic E-state index is 13.6. The van der Waals surface area contributed by atoms with E-state index >= 15 is 0 Å². The van der Waals surface area contributed by atoms with E-state index in [9.17, 15) is 13.2 Å². The Bertz CT molecular complexity index is 1630. The van der Waals surface area contributed by atoms with Crippen LogP contribution in [0.5, 0.6) is 5.75 Å². The topological polar surface area (TPSA) is 97.4 Å². The van der Waals surface area contributed by atoms with E-state index in [1.807, 2.05) is 25.1 Å². The number of benzene rings is 2. The molecule has 49 heavy (non-hydrogen) atoms. The number of carbonyl (C=O) groups is 1. The molecule has 9 nitrogen and oxygen atoms in total. The fourth-order valence-electron chi connectivity index (χ4n) is 9.13. The SMILES string of the molecule is CC[C@@H]1CCCC[C@@H]([C@H]2OC[C@H](N(C)C)CO2)[C@H]2CC[C@H]2CN2C[C@@]3(CCCc4cc(Cl)ccc43)COc3ccc(cc32)C(=O)NS1(=O)=O. The van der Waals surface area contributed by atoms with Crippen molar-refractivity contribution in [2.24, 2.45) is 17.8 Å². The number of ether oxygens (including phenoxy) is 3. The molecular formula is C38H52ClN3O6S. The summed E-state index contributed by atoms with van der Waals surface area (Å²) in [5, 5.41) is 0.115. The number of hydrogen-bond acceptors (Lipinski definition) is 8. The molecule has 3 aliphatic heterocycles. The van der Waals surface area contributed by atoms with Gasteiger partial charge >= 0.3 is 0 Å². The van der Waals surface area contributed by atoms with Crippen LogP contribution in [0.3, 0.4) is 0 Å². The van der Waals surface area contributed by atoms with Crippen molar-refractivity contribution in [1.82, 2.24) is 9.62 Å². The van der Waals surface area contributed by atoms with Gasteiger partial charge in [-0.3, -0.25) is 4.79 Å². The molecule has 1 saturated carbocycles. The van der Waals surface area contributed by atoms with Crippen LogP contribution < -0.4 is 14.4 Å². The highest BCUT2D eigenvalue weighted by Crippen LogP contribution is 2.49. The first-order valence-corrected chi connectivity index (χ1v) is 20.3. The number of likely N-dealkylation sites (N-methyl/N-ethyl adjacent to an activating group) is 1. The van der Waals surface area contributed by atoms with Crippen LogP contribution in [0, 0.1) is 17.8 Å². The second-order valence-corrected chi connectivity index (χ2v) is 17.8. The molecular weight excluding hydrogens is 662 g/mol. The van der Waals surface area contributed by atoms with E-state index in [4.69, 9.17) is 25.8 Å². The van der Waals surface area contributed by atoms with Gasteiger partial charge in [0.1, 0.15) is 5.75 Å². The van der Waals surface area contributed by atoms with Gasteiger partial charge < -0.3 is 24.0 Å². The van der Waals surface area contributed by atoms with Crippen molar-refractivity contribution in [2.75, 3.05) is 51.9 Å². The Balaban J connectivity index is 1.26. The number of anilines is 1. The van der Waals surface area contributed by atoms with Crippen LogP contribution >= 0.6 is 11.6 Å². The number of rotatable bonds is 3. The van der Waals surface area contributed by atoms with Crippen molar-refractivity contribution in [1.29, 1.82) is 0 Å². The summed E-state index contributed by atoms with van der Waals surface area (Å²) in [6.45, 7) is 5.25. The smallest absolute Gasteiger partial charge is 0.264 e. The molecule has 5 atom stereocenters. The predicted molar refractivity (Wildman–Crippen MR) is 192 cm³/mol. The molecule has 0 radical (unpaired) electrons. The largest absolute Gasteiger partial charge is 0.490 e. The maximum absolute atomic E-state index is 13.6. The standard InChI is InChI=1S/C38H52ClN3O6S/c1-4-30-9-5-6-10-32(37-46-21-29(22-47-37)41(2)3)31-14-11-27(31)20-42-23-38(17-7-8-25-18-28(39)13-15-33(25)38)24-48-35-16-12-26(19-34(35)42)36(43)40-49(30,44)45/h12-13,15-16,18-19,27,29-32,37H,4-11,14,17,20-24H2,1-3H3,(H,40,43)/t27-,29-,30+,31-,32+,37-,38-/m0/s1. The highest BCUT2D eigenvalue weighted by atomic mass is 35.5. The Hall–Kier alpha value is -2.37. The molecule has 5 aliphatic rings. The molecule has 1 N–H and O–H groups in total. The van der Waals surface area contributed by atoms with E-state index in [-0.39, 0.29) is 23.7 Å². The minimum Gasteiger partial charge on any atom is -0.490 e. The third-order valence-corrected chi connectivity index (χ3v) is 14.4. The molecule has 1 amide bonds. The van der Waals surface area contributed by atoms with Crippen molar-refractivity contribution >= 4 is 33.2 Å². The van der Waals surface area contributed by atoms with E-state index in [0.29, 0.717) is 50.1 Å². The number of hydrogen-bond donors (Lipinski definition) is 1. The number of amides is 1. The lowest BCUT2D eigenvalue weighted by molar-refractivity contribution is -0.240. The van der Waals surface area contributed by atoms with E-state index in [0.717, 1.165) is 80.9 Å². The molecule has 268 valence electrons. The zero-order valence-corrected chi connectivity index (χ0v) is 30.7. The molecule has 2 bridgehead atoms. The second-order valence-electron chi connectivity index (χ2n) is 15.4. The molecule has 0 unspecified atom stereocenters.